The van der Waals surface area contributed by atoms with Gasteiger partial charge in [0.15, 0.2) is 5.13 Å². The van der Waals surface area contributed by atoms with Crippen molar-refractivity contribution >= 4 is 48.9 Å². The Hall–Kier alpha value is -2.36. The van der Waals surface area contributed by atoms with Crippen molar-refractivity contribution in [3.63, 3.8) is 0 Å². The molecule has 0 radical (unpaired) electrons. The number of nitro groups is 1. The minimum absolute atomic E-state index is 0.0357. The van der Waals surface area contributed by atoms with Gasteiger partial charge in [0, 0.05) is 6.07 Å². The van der Waals surface area contributed by atoms with E-state index < -0.39 is 4.92 Å². The third-order valence-electron chi connectivity index (χ3n) is 3.83. The van der Waals surface area contributed by atoms with Crippen molar-refractivity contribution in [2.75, 3.05) is 32.1 Å². The van der Waals surface area contributed by atoms with E-state index in [9.17, 15) is 14.9 Å². The van der Waals surface area contributed by atoms with Crippen molar-refractivity contribution in [2.24, 2.45) is 0 Å². The standard InChI is InChI=1S/C17H18N4O3S2/c1-11-4-5-12-14(10-11)26-17(18-12)20(9-8-19(2)3)16(22)13-6-7-15(25-13)21(23)24/h4-7,10H,8-9H2,1-3H3/p+1. The number of amides is 1. The van der Waals surface area contributed by atoms with E-state index in [2.05, 4.69) is 4.98 Å². The molecular weight excluding hydrogens is 372 g/mol. The van der Waals surface area contributed by atoms with Gasteiger partial charge in [0.2, 0.25) is 0 Å². The Kier molecular flexibility index (Phi) is 5.30. The van der Waals surface area contributed by atoms with Gasteiger partial charge in [-0.15, -0.1) is 0 Å². The molecule has 1 amide bonds. The molecule has 0 aliphatic heterocycles. The molecule has 3 aromatic rings. The fourth-order valence-corrected chi connectivity index (χ4v) is 4.29. The molecule has 0 fully saturated rings. The monoisotopic (exact) mass is 391 g/mol. The molecule has 136 valence electrons. The highest BCUT2D eigenvalue weighted by Crippen LogP contribution is 2.32. The van der Waals surface area contributed by atoms with E-state index in [0.717, 1.165) is 33.7 Å². The third-order valence-corrected chi connectivity index (χ3v) is 5.89. The van der Waals surface area contributed by atoms with E-state index in [0.29, 0.717) is 16.6 Å². The molecule has 2 heterocycles. The lowest BCUT2D eigenvalue weighted by molar-refractivity contribution is -0.856. The van der Waals surface area contributed by atoms with Crippen LogP contribution in [0.5, 0.6) is 0 Å². The second-order valence-corrected chi connectivity index (χ2v) is 8.35. The summed E-state index contributed by atoms with van der Waals surface area (Å²) in [7, 11) is 4.03. The summed E-state index contributed by atoms with van der Waals surface area (Å²) in [5.41, 5.74) is 1.99. The number of benzene rings is 1. The number of quaternary nitrogens is 1. The van der Waals surface area contributed by atoms with Gasteiger partial charge in [0.05, 0.1) is 47.2 Å². The van der Waals surface area contributed by atoms with Crippen molar-refractivity contribution in [3.8, 4) is 0 Å². The van der Waals surface area contributed by atoms with E-state index in [1.807, 2.05) is 39.2 Å². The summed E-state index contributed by atoms with van der Waals surface area (Å²) in [5.74, 6) is -0.250. The lowest BCUT2D eigenvalue weighted by Crippen LogP contribution is -3.06. The molecule has 0 spiro atoms. The van der Waals surface area contributed by atoms with Gasteiger partial charge >= 0.3 is 5.00 Å². The largest absolute Gasteiger partial charge is 0.338 e. The predicted octanol–water partition coefficient (Wildman–Crippen LogP) is 2.37. The van der Waals surface area contributed by atoms with Crippen LogP contribution < -0.4 is 9.80 Å². The molecule has 1 N–H and O–H groups in total. The second kappa shape index (κ2) is 7.48. The summed E-state index contributed by atoms with van der Waals surface area (Å²) >= 11 is 2.36. The Bertz CT molecular complexity index is 964. The minimum atomic E-state index is -0.476. The highest BCUT2D eigenvalue weighted by atomic mass is 32.1. The normalized spacial score (nSPS) is 11.2. The fourth-order valence-electron chi connectivity index (χ4n) is 2.43. The van der Waals surface area contributed by atoms with Gasteiger partial charge in [-0.25, -0.2) is 4.98 Å². The van der Waals surface area contributed by atoms with Crippen LogP contribution in [0, 0.1) is 17.0 Å². The van der Waals surface area contributed by atoms with Gasteiger partial charge in [-0.05, 0) is 30.7 Å². The summed E-state index contributed by atoms with van der Waals surface area (Å²) in [6, 6.07) is 8.87. The van der Waals surface area contributed by atoms with Crippen LogP contribution in [0.15, 0.2) is 30.3 Å². The van der Waals surface area contributed by atoms with Crippen LogP contribution in [0.1, 0.15) is 15.2 Å². The Morgan fingerprint density at radius 1 is 1.27 bits per heavy atom. The maximum Gasteiger partial charge on any atom is 0.324 e. The lowest BCUT2D eigenvalue weighted by atomic mass is 10.2. The average Bonchev–Trinajstić information content (AvgIpc) is 3.20. The molecule has 0 saturated carbocycles. The zero-order chi connectivity index (χ0) is 18.8. The quantitative estimate of drug-likeness (QED) is 0.517. The van der Waals surface area contributed by atoms with Crippen LogP contribution in [-0.2, 0) is 0 Å². The zero-order valence-corrected chi connectivity index (χ0v) is 16.3. The number of hydrogen-bond acceptors (Lipinski definition) is 6. The Morgan fingerprint density at radius 3 is 2.69 bits per heavy atom. The van der Waals surface area contributed by atoms with Gasteiger partial charge in [-0.3, -0.25) is 19.8 Å². The van der Waals surface area contributed by atoms with Gasteiger partial charge in [-0.1, -0.05) is 28.7 Å². The van der Waals surface area contributed by atoms with Crippen molar-refractivity contribution in [2.45, 2.75) is 6.92 Å². The maximum absolute atomic E-state index is 13.0. The van der Waals surface area contributed by atoms with Crippen LogP contribution in [-0.4, -0.2) is 43.0 Å². The molecule has 3 rings (SSSR count). The number of aryl methyl sites for hydroxylation is 1. The first-order chi connectivity index (χ1) is 12.3. The first kappa shape index (κ1) is 18.4. The molecule has 0 saturated heterocycles. The number of thiophene rings is 1. The summed E-state index contributed by atoms with van der Waals surface area (Å²) in [5, 5.41) is 11.5. The van der Waals surface area contributed by atoms with Crippen LogP contribution in [0.3, 0.4) is 0 Å². The first-order valence-electron chi connectivity index (χ1n) is 8.07. The number of carbonyl (C=O) groups is 1. The zero-order valence-electron chi connectivity index (χ0n) is 14.7. The molecule has 26 heavy (non-hydrogen) atoms. The van der Waals surface area contributed by atoms with Crippen LogP contribution in [0.2, 0.25) is 0 Å². The van der Waals surface area contributed by atoms with Gasteiger partial charge < -0.3 is 4.90 Å². The number of fused-ring (bicyclic) bond motifs is 1. The summed E-state index contributed by atoms with van der Waals surface area (Å²) in [4.78, 5) is 31.2. The van der Waals surface area contributed by atoms with Crippen molar-refractivity contribution in [1.29, 1.82) is 0 Å². The number of hydrogen-bond donors (Lipinski definition) is 1. The summed E-state index contributed by atoms with van der Waals surface area (Å²) in [6.45, 7) is 3.25. The van der Waals surface area contributed by atoms with E-state index in [-0.39, 0.29) is 10.9 Å². The van der Waals surface area contributed by atoms with E-state index >= 15 is 0 Å². The number of likely N-dealkylation sites (N-methyl/N-ethyl adjacent to an activating group) is 1. The fraction of sp³-hybridized carbons (Fsp3) is 0.294. The van der Waals surface area contributed by atoms with E-state index in [1.54, 1.807) is 4.90 Å². The molecule has 0 aliphatic carbocycles. The van der Waals surface area contributed by atoms with Crippen LogP contribution in [0.25, 0.3) is 10.2 Å². The number of aromatic nitrogens is 1. The number of thiazole rings is 1. The SMILES string of the molecule is Cc1ccc2nc(N(CC[NH+](C)C)C(=O)c3ccc([N+](=O)[O-])s3)sc2c1. The van der Waals surface area contributed by atoms with Crippen molar-refractivity contribution in [3.05, 3.63) is 50.9 Å². The Balaban J connectivity index is 1.97. The topological polar surface area (TPSA) is 80.8 Å². The second-order valence-electron chi connectivity index (χ2n) is 6.28. The minimum Gasteiger partial charge on any atom is -0.338 e. The van der Waals surface area contributed by atoms with Crippen molar-refractivity contribution in [1.82, 2.24) is 4.98 Å². The first-order valence-corrected chi connectivity index (χ1v) is 9.71. The highest BCUT2D eigenvalue weighted by molar-refractivity contribution is 7.22. The lowest BCUT2D eigenvalue weighted by Gasteiger charge is -2.19. The molecule has 7 nitrogen and oxygen atoms in total. The Labute approximate surface area is 158 Å². The molecule has 1 aromatic carbocycles. The number of rotatable bonds is 6. The molecule has 2 aromatic heterocycles. The van der Waals surface area contributed by atoms with Crippen LogP contribution >= 0.6 is 22.7 Å². The highest BCUT2D eigenvalue weighted by Gasteiger charge is 2.25. The molecule has 0 unspecified atom stereocenters. The molecule has 0 bridgehead atoms. The van der Waals surface area contributed by atoms with Gasteiger partial charge in [0.1, 0.15) is 0 Å². The summed E-state index contributed by atoms with van der Waals surface area (Å²) < 4.78 is 1.02. The maximum atomic E-state index is 13.0. The van der Waals surface area contributed by atoms with Crippen LogP contribution in [0.4, 0.5) is 10.1 Å². The third kappa shape index (κ3) is 3.90. The molecule has 0 atom stereocenters. The van der Waals surface area contributed by atoms with Crippen molar-refractivity contribution < 1.29 is 14.6 Å². The number of nitrogens with one attached hydrogen (secondary N) is 1. The molecule has 0 aliphatic rings. The average molecular weight is 391 g/mol. The number of nitrogens with zero attached hydrogens (tertiary/aromatic N) is 3. The van der Waals surface area contributed by atoms with Gasteiger partial charge in [0.25, 0.3) is 5.91 Å². The smallest absolute Gasteiger partial charge is 0.324 e. The molecule has 9 heteroatoms. The van der Waals surface area contributed by atoms with E-state index in [4.69, 9.17) is 0 Å². The predicted molar refractivity (Wildman–Crippen MR) is 105 cm³/mol. The number of anilines is 1. The van der Waals surface area contributed by atoms with E-state index in [1.165, 1.54) is 28.4 Å². The Morgan fingerprint density at radius 2 is 2.04 bits per heavy atom. The number of carbonyl (C=O) groups excluding carboxylic acids is 1. The summed E-state index contributed by atoms with van der Waals surface area (Å²) in [6.07, 6.45) is 0. The molecular formula is C17H19N4O3S2+. The van der Waals surface area contributed by atoms with Gasteiger partial charge in [-0.2, -0.15) is 0 Å².